The van der Waals surface area contributed by atoms with E-state index in [-0.39, 0.29) is 25.0 Å². The zero-order chi connectivity index (χ0) is 12.6. The lowest BCUT2D eigenvalue weighted by Crippen LogP contribution is -2.42. The summed E-state index contributed by atoms with van der Waals surface area (Å²) in [5.74, 6) is -1.37. The van der Waals surface area contributed by atoms with E-state index in [4.69, 9.17) is 15.6 Å². The van der Waals surface area contributed by atoms with Crippen molar-refractivity contribution in [1.29, 1.82) is 0 Å². The molecule has 0 aliphatic rings. The first-order chi connectivity index (χ1) is 7.54. The maximum Gasteiger partial charge on any atom is 0.326 e. The van der Waals surface area contributed by atoms with Crippen LogP contribution < -0.4 is 11.1 Å². The van der Waals surface area contributed by atoms with Crippen LogP contribution in [0.2, 0.25) is 0 Å². The van der Waals surface area contributed by atoms with Crippen LogP contribution in [0.4, 0.5) is 0 Å². The summed E-state index contributed by atoms with van der Waals surface area (Å²) >= 11 is 0. The van der Waals surface area contributed by atoms with Crippen LogP contribution in [-0.4, -0.2) is 42.8 Å². The van der Waals surface area contributed by atoms with E-state index in [0.717, 1.165) is 0 Å². The number of carbonyl (C=O) groups is 2. The number of amides is 1. The number of ether oxygens (including phenoxy) is 1. The van der Waals surface area contributed by atoms with Crippen molar-refractivity contribution in [3.8, 4) is 0 Å². The SMILES string of the molecule is CCC[C@H](NC(=O)CC(CN)OC)C(=O)O. The molecule has 0 bridgehead atoms. The van der Waals surface area contributed by atoms with Gasteiger partial charge in [0.25, 0.3) is 0 Å². The summed E-state index contributed by atoms with van der Waals surface area (Å²) < 4.78 is 4.94. The number of hydrogen-bond donors (Lipinski definition) is 3. The van der Waals surface area contributed by atoms with Crippen molar-refractivity contribution in [3.05, 3.63) is 0 Å². The molecule has 6 nitrogen and oxygen atoms in total. The first-order valence-corrected chi connectivity index (χ1v) is 5.30. The van der Waals surface area contributed by atoms with Gasteiger partial charge in [0.2, 0.25) is 5.91 Å². The number of aliphatic carboxylic acids is 1. The summed E-state index contributed by atoms with van der Waals surface area (Å²) in [5, 5.41) is 11.3. The van der Waals surface area contributed by atoms with E-state index in [1.54, 1.807) is 0 Å². The van der Waals surface area contributed by atoms with E-state index in [1.807, 2.05) is 6.92 Å². The van der Waals surface area contributed by atoms with Crippen molar-refractivity contribution in [2.75, 3.05) is 13.7 Å². The number of nitrogens with two attached hydrogens (primary N) is 1. The number of carbonyl (C=O) groups excluding carboxylic acids is 1. The molecule has 1 amide bonds. The lowest BCUT2D eigenvalue weighted by Gasteiger charge is -2.16. The highest BCUT2D eigenvalue weighted by atomic mass is 16.5. The lowest BCUT2D eigenvalue weighted by molar-refractivity contribution is -0.142. The first-order valence-electron chi connectivity index (χ1n) is 5.30. The molecule has 4 N–H and O–H groups in total. The fraction of sp³-hybridized carbons (Fsp3) is 0.800. The van der Waals surface area contributed by atoms with Gasteiger partial charge in [0, 0.05) is 13.7 Å². The fourth-order valence-electron chi connectivity index (χ4n) is 1.27. The summed E-state index contributed by atoms with van der Waals surface area (Å²) in [5.41, 5.74) is 5.36. The molecule has 0 aromatic carbocycles. The van der Waals surface area contributed by atoms with Gasteiger partial charge in [-0.25, -0.2) is 4.79 Å². The fourth-order valence-corrected chi connectivity index (χ4v) is 1.27. The highest BCUT2D eigenvalue weighted by Crippen LogP contribution is 2.00. The molecule has 0 aromatic rings. The van der Waals surface area contributed by atoms with Gasteiger partial charge in [0.15, 0.2) is 0 Å². The average Bonchev–Trinajstić information content (AvgIpc) is 2.25. The van der Waals surface area contributed by atoms with Crippen LogP contribution in [0.25, 0.3) is 0 Å². The van der Waals surface area contributed by atoms with E-state index in [9.17, 15) is 9.59 Å². The van der Waals surface area contributed by atoms with Gasteiger partial charge >= 0.3 is 5.97 Å². The Morgan fingerprint density at radius 2 is 2.12 bits per heavy atom. The van der Waals surface area contributed by atoms with Gasteiger partial charge in [0.1, 0.15) is 6.04 Å². The molecule has 2 atom stereocenters. The molecule has 16 heavy (non-hydrogen) atoms. The predicted molar refractivity (Wildman–Crippen MR) is 58.9 cm³/mol. The molecule has 0 aliphatic heterocycles. The topological polar surface area (TPSA) is 102 Å². The van der Waals surface area contributed by atoms with Crippen molar-refractivity contribution in [3.63, 3.8) is 0 Å². The molecule has 0 heterocycles. The number of hydrogen-bond acceptors (Lipinski definition) is 4. The second-order valence-corrected chi connectivity index (χ2v) is 3.54. The monoisotopic (exact) mass is 232 g/mol. The predicted octanol–water partition coefficient (Wildman–Crippen LogP) is -0.280. The Bertz CT molecular complexity index is 229. The molecule has 0 rings (SSSR count). The van der Waals surface area contributed by atoms with Crippen LogP contribution >= 0.6 is 0 Å². The Hall–Kier alpha value is -1.14. The van der Waals surface area contributed by atoms with Gasteiger partial charge in [-0.05, 0) is 6.42 Å². The average molecular weight is 232 g/mol. The van der Waals surface area contributed by atoms with Crippen molar-refractivity contribution in [2.24, 2.45) is 5.73 Å². The van der Waals surface area contributed by atoms with Crippen LogP contribution in [0.3, 0.4) is 0 Å². The third kappa shape index (κ3) is 5.67. The Labute approximate surface area is 95.1 Å². The molecule has 0 aliphatic carbocycles. The second-order valence-electron chi connectivity index (χ2n) is 3.54. The maximum absolute atomic E-state index is 11.5. The molecule has 1 unspecified atom stereocenters. The van der Waals surface area contributed by atoms with E-state index >= 15 is 0 Å². The summed E-state index contributed by atoms with van der Waals surface area (Å²) in [6.45, 7) is 2.09. The van der Waals surface area contributed by atoms with E-state index < -0.39 is 12.0 Å². The maximum atomic E-state index is 11.5. The van der Waals surface area contributed by atoms with Gasteiger partial charge in [-0.15, -0.1) is 0 Å². The normalized spacial score (nSPS) is 14.2. The molecule has 0 spiro atoms. The van der Waals surface area contributed by atoms with Crippen molar-refractivity contribution in [2.45, 2.75) is 38.3 Å². The third-order valence-corrected chi connectivity index (χ3v) is 2.22. The smallest absolute Gasteiger partial charge is 0.326 e. The van der Waals surface area contributed by atoms with E-state index in [2.05, 4.69) is 5.32 Å². The van der Waals surface area contributed by atoms with Crippen LogP contribution in [0, 0.1) is 0 Å². The van der Waals surface area contributed by atoms with Crippen LogP contribution in [-0.2, 0) is 14.3 Å². The van der Waals surface area contributed by atoms with Crippen molar-refractivity contribution >= 4 is 11.9 Å². The minimum absolute atomic E-state index is 0.0838. The minimum atomic E-state index is -1.02. The number of carboxylic acids is 1. The summed E-state index contributed by atoms with van der Waals surface area (Å²) in [7, 11) is 1.46. The van der Waals surface area contributed by atoms with Crippen molar-refractivity contribution in [1.82, 2.24) is 5.32 Å². The van der Waals surface area contributed by atoms with Gasteiger partial charge in [0.05, 0.1) is 12.5 Å². The van der Waals surface area contributed by atoms with E-state index in [0.29, 0.717) is 12.8 Å². The van der Waals surface area contributed by atoms with Gasteiger partial charge in [-0.3, -0.25) is 4.79 Å². The first kappa shape index (κ1) is 14.9. The summed E-state index contributed by atoms with van der Waals surface area (Å²) in [6, 6.07) is -0.826. The molecular weight excluding hydrogens is 212 g/mol. The van der Waals surface area contributed by atoms with Gasteiger partial charge in [-0.2, -0.15) is 0 Å². The van der Waals surface area contributed by atoms with Gasteiger partial charge in [-0.1, -0.05) is 13.3 Å². The Morgan fingerprint density at radius 1 is 1.50 bits per heavy atom. The van der Waals surface area contributed by atoms with E-state index in [1.165, 1.54) is 7.11 Å². The van der Waals surface area contributed by atoms with Crippen LogP contribution in [0.5, 0.6) is 0 Å². The number of carboxylic acid groups (broad SMARTS) is 1. The van der Waals surface area contributed by atoms with Gasteiger partial charge < -0.3 is 20.9 Å². The number of methoxy groups -OCH3 is 1. The van der Waals surface area contributed by atoms with Crippen LogP contribution in [0.15, 0.2) is 0 Å². The molecule has 6 heteroatoms. The lowest BCUT2D eigenvalue weighted by atomic mass is 10.1. The largest absolute Gasteiger partial charge is 0.480 e. The molecule has 0 aromatic heterocycles. The molecular formula is C10H20N2O4. The summed E-state index contributed by atoms with van der Waals surface area (Å²) in [4.78, 5) is 22.2. The zero-order valence-electron chi connectivity index (χ0n) is 9.73. The Morgan fingerprint density at radius 3 is 2.50 bits per heavy atom. The highest BCUT2D eigenvalue weighted by molar-refractivity contribution is 5.83. The standard InChI is InChI=1S/C10H20N2O4/c1-3-4-8(10(14)15)12-9(13)5-7(6-11)16-2/h7-8H,3-6,11H2,1-2H3,(H,12,13)(H,14,15)/t7?,8-/m0/s1. The minimum Gasteiger partial charge on any atom is -0.480 e. The second kappa shape index (κ2) is 8.06. The quantitative estimate of drug-likeness (QED) is 0.534. The summed E-state index contributed by atoms with van der Waals surface area (Å²) in [6.07, 6.45) is 0.833. The molecule has 0 radical (unpaired) electrons. The van der Waals surface area contributed by atoms with Crippen LogP contribution in [0.1, 0.15) is 26.2 Å². The molecule has 0 saturated heterocycles. The molecule has 0 fully saturated rings. The molecule has 94 valence electrons. The van der Waals surface area contributed by atoms with Crippen molar-refractivity contribution < 1.29 is 19.4 Å². The Kier molecular flexibility index (Phi) is 7.49. The number of rotatable bonds is 8. The third-order valence-electron chi connectivity index (χ3n) is 2.22. The Balaban J connectivity index is 4.13. The molecule has 0 saturated carbocycles. The number of nitrogens with one attached hydrogen (secondary N) is 1. The highest BCUT2D eigenvalue weighted by Gasteiger charge is 2.20. The zero-order valence-corrected chi connectivity index (χ0v) is 9.73.